The Labute approximate surface area is 60.3 Å². The van der Waals surface area contributed by atoms with Crippen molar-refractivity contribution in [3.8, 4) is 0 Å². The summed E-state index contributed by atoms with van der Waals surface area (Å²) in [7, 11) is 1.00. The summed E-state index contributed by atoms with van der Waals surface area (Å²) in [5, 5.41) is 7.00. The van der Waals surface area contributed by atoms with Crippen LogP contribution in [0, 0.1) is 0 Å². The largest absolute Gasteiger partial charge is 0.400 e. The van der Waals surface area contributed by atoms with Gasteiger partial charge >= 0.3 is 0 Å². The maximum absolute atomic E-state index is 7.00. The Balaban J connectivity index is 0.000000371. The Morgan fingerprint density at radius 2 is 2.00 bits per heavy atom. The molecule has 6 N–H and O–H groups in total. The van der Waals surface area contributed by atoms with Gasteiger partial charge in [0.05, 0.1) is 0 Å². The number of hydrogen-bond donors (Lipinski definition) is 3. The molecule has 0 spiro atoms. The lowest BCUT2D eigenvalue weighted by Crippen LogP contribution is -2.39. The molecule has 0 aromatic heterocycles. The van der Waals surface area contributed by atoms with Gasteiger partial charge in [-0.05, 0) is 12.1 Å². The normalized spacial score (nSPS) is 7.90. The Hall–Kier alpha value is -1.06. The van der Waals surface area contributed by atoms with Gasteiger partial charge in [0.1, 0.15) is 5.69 Å². The summed E-state index contributed by atoms with van der Waals surface area (Å²) in [5.74, 6) is 0. The van der Waals surface area contributed by atoms with Gasteiger partial charge in [-0.15, -0.1) is 0 Å². The van der Waals surface area contributed by atoms with E-state index in [2.05, 4.69) is 5.73 Å². The summed E-state index contributed by atoms with van der Waals surface area (Å²) < 4.78 is 0. The highest BCUT2D eigenvalue weighted by molar-refractivity contribution is 5.45. The van der Waals surface area contributed by atoms with E-state index in [4.69, 9.17) is 10.8 Å². The van der Waals surface area contributed by atoms with Crippen LogP contribution in [-0.2, 0) is 0 Å². The minimum atomic E-state index is 0.775. The van der Waals surface area contributed by atoms with Gasteiger partial charge in [0.2, 0.25) is 0 Å². The fourth-order valence-corrected chi connectivity index (χ4v) is 0.593. The van der Waals surface area contributed by atoms with Crippen molar-refractivity contribution in [2.75, 3.05) is 12.8 Å². The van der Waals surface area contributed by atoms with E-state index in [-0.39, 0.29) is 0 Å². The number of nitrogens with two attached hydrogens (primary N) is 1. The Kier molecular flexibility index (Phi) is 4.28. The van der Waals surface area contributed by atoms with Gasteiger partial charge in [0.25, 0.3) is 0 Å². The van der Waals surface area contributed by atoms with Gasteiger partial charge in [-0.25, -0.2) is 0 Å². The molecule has 0 saturated carbocycles. The van der Waals surface area contributed by atoms with E-state index in [9.17, 15) is 0 Å². The molecule has 1 aromatic rings. The third-order valence-corrected chi connectivity index (χ3v) is 0.951. The monoisotopic (exact) mass is 141 g/mol. The van der Waals surface area contributed by atoms with Crippen molar-refractivity contribution >= 4 is 11.4 Å². The van der Waals surface area contributed by atoms with Crippen LogP contribution in [0.25, 0.3) is 0 Å². The Morgan fingerprint density at radius 1 is 1.40 bits per heavy atom. The zero-order chi connectivity index (χ0) is 7.98. The van der Waals surface area contributed by atoms with Crippen molar-refractivity contribution < 1.29 is 10.8 Å². The van der Waals surface area contributed by atoms with Crippen molar-refractivity contribution in [3.05, 3.63) is 24.3 Å². The zero-order valence-corrected chi connectivity index (χ0v) is 6.04. The van der Waals surface area contributed by atoms with E-state index < -0.39 is 0 Å². The molecule has 1 aromatic carbocycles. The average molecular weight is 141 g/mol. The molecule has 0 fully saturated rings. The standard InChI is InChI=1S/C6H8N2.CH4O/c7-5-2-1-3-6(8)4-5;1-2/h1-4H,7-8H2;2H,1H3/p+1. The maximum Gasteiger partial charge on any atom is 0.129 e. The van der Waals surface area contributed by atoms with Crippen LogP contribution in [0.2, 0.25) is 0 Å². The summed E-state index contributed by atoms with van der Waals surface area (Å²) in [4.78, 5) is 0. The molecule has 0 bridgehead atoms. The molecule has 1 rings (SSSR count). The predicted molar refractivity (Wildman–Crippen MR) is 41.5 cm³/mol. The molecule has 0 heterocycles. The van der Waals surface area contributed by atoms with Crippen molar-refractivity contribution in [2.45, 2.75) is 0 Å². The summed E-state index contributed by atoms with van der Waals surface area (Å²) in [5.41, 5.74) is 10.9. The van der Waals surface area contributed by atoms with Gasteiger partial charge in [-0.3, -0.25) is 0 Å². The molecule has 0 atom stereocenters. The van der Waals surface area contributed by atoms with E-state index >= 15 is 0 Å². The molecule has 3 heteroatoms. The molecule has 0 saturated heterocycles. The van der Waals surface area contributed by atoms with Gasteiger partial charge in [-0.2, -0.15) is 0 Å². The first kappa shape index (κ1) is 8.94. The molecule has 0 aliphatic rings. The third-order valence-electron chi connectivity index (χ3n) is 0.951. The second-order valence-corrected chi connectivity index (χ2v) is 1.75. The maximum atomic E-state index is 7.00. The minimum absolute atomic E-state index is 0.775. The van der Waals surface area contributed by atoms with Crippen molar-refractivity contribution in [1.29, 1.82) is 0 Å². The number of rotatable bonds is 0. The first-order valence-electron chi connectivity index (χ1n) is 2.91. The van der Waals surface area contributed by atoms with Crippen LogP contribution >= 0.6 is 0 Å². The molecule has 0 aliphatic heterocycles. The first-order valence-corrected chi connectivity index (χ1v) is 2.91. The Morgan fingerprint density at radius 3 is 2.30 bits per heavy atom. The molecule has 0 amide bonds. The van der Waals surface area contributed by atoms with Crippen LogP contribution in [0.1, 0.15) is 0 Å². The lowest BCUT2D eigenvalue weighted by Gasteiger charge is -1.88. The predicted octanol–water partition coefficient (Wildman–Crippen LogP) is -0.249. The van der Waals surface area contributed by atoms with Gasteiger partial charge < -0.3 is 16.6 Å². The summed E-state index contributed by atoms with van der Waals surface area (Å²) >= 11 is 0. The quantitative estimate of drug-likeness (QED) is 0.436. The molecule has 10 heavy (non-hydrogen) atoms. The topological polar surface area (TPSA) is 73.9 Å². The van der Waals surface area contributed by atoms with E-state index in [1.54, 1.807) is 0 Å². The second kappa shape index (κ2) is 4.78. The average Bonchev–Trinajstić information content (AvgIpc) is 1.91. The fraction of sp³-hybridized carbons (Fsp3) is 0.143. The molecule has 0 aliphatic carbocycles. The smallest absolute Gasteiger partial charge is 0.129 e. The van der Waals surface area contributed by atoms with E-state index in [0.29, 0.717) is 0 Å². The van der Waals surface area contributed by atoms with Crippen LogP contribution in [0.15, 0.2) is 24.3 Å². The number of aliphatic hydroxyl groups excluding tert-OH is 1. The molecule has 3 nitrogen and oxygen atoms in total. The third kappa shape index (κ3) is 3.06. The second-order valence-electron chi connectivity index (χ2n) is 1.75. The highest BCUT2D eigenvalue weighted by Gasteiger charge is 1.85. The number of benzene rings is 1. The highest BCUT2D eigenvalue weighted by atomic mass is 16.2. The van der Waals surface area contributed by atoms with Gasteiger partial charge in [0.15, 0.2) is 0 Å². The van der Waals surface area contributed by atoms with Crippen molar-refractivity contribution in [2.24, 2.45) is 0 Å². The zero-order valence-electron chi connectivity index (χ0n) is 6.04. The van der Waals surface area contributed by atoms with Crippen LogP contribution in [0.5, 0.6) is 0 Å². The summed E-state index contributed by atoms with van der Waals surface area (Å²) in [6, 6.07) is 7.47. The number of quaternary nitrogens is 1. The number of hydrogen-bond acceptors (Lipinski definition) is 2. The minimum Gasteiger partial charge on any atom is -0.400 e. The van der Waals surface area contributed by atoms with Crippen LogP contribution in [0.4, 0.5) is 11.4 Å². The number of nitrogen functional groups attached to an aromatic ring is 1. The Bertz CT molecular complexity index is 171. The molecule has 56 valence electrons. The number of aliphatic hydroxyl groups is 1. The van der Waals surface area contributed by atoms with Crippen molar-refractivity contribution in [1.82, 2.24) is 0 Å². The van der Waals surface area contributed by atoms with Crippen LogP contribution in [-0.4, -0.2) is 12.2 Å². The lowest BCUT2D eigenvalue weighted by atomic mass is 10.3. The first-order chi connectivity index (χ1) is 4.79. The van der Waals surface area contributed by atoms with Gasteiger partial charge in [-0.1, -0.05) is 6.07 Å². The summed E-state index contributed by atoms with van der Waals surface area (Å²) in [6.45, 7) is 0. The molecular weight excluding hydrogens is 128 g/mol. The van der Waals surface area contributed by atoms with Gasteiger partial charge in [0, 0.05) is 18.9 Å². The van der Waals surface area contributed by atoms with E-state index in [0.717, 1.165) is 18.5 Å². The van der Waals surface area contributed by atoms with E-state index in [1.807, 2.05) is 24.3 Å². The van der Waals surface area contributed by atoms with Crippen LogP contribution in [0.3, 0.4) is 0 Å². The molecular formula is C7H13N2O+. The SMILES string of the molecule is CO.Nc1cccc([NH3+])c1. The number of anilines is 1. The fourth-order valence-electron chi connectivity index (χ4n) is 0.593. The molecule has 0 radical (unpaired) electrons. The van der Waals surface area contributed by atoms with E-state index in [1.165, 1.54) is 0 Å². The lowest BCUT2D eigenvalue weighted by molar-refractivity contribution is -0.254. The highest BCUT2D eigenvalue weighted by Crippen LogP contribution is 2.04. The van der Waals surface area contributed by atoms with Crippen molar-refractivity contribution in [3.63, 3.8) is 0 Å². The van der Waals surface area contributed by atoms with Crippen LogP contribution < -0.4 is 11.5 Å². The summed E-state index contributed by atoms with van der Waals surface area (Å²) in [6.07, 6.45) is 0. The molecule has 0 unspecified atom stereocenters.